The van der Waals surface area contributed by atoms with Crippen LogP contribution in [0.1, 0.15) is 58.4 Å². The van der Waals surface area contributed by atoms with Crippen molar-refractivity contribution in [2.45, 2.75) is 76.7 Å². The van der Waals surface area contributed by atoms with Gasteiger partial charge in [-0.3, -0.25) is 14.1 Å². The number of hydrogen-bond acceptors (Lipinski definition) is 7. The third-order valence-corrected chi connectivity index (χ3v) is 9.04. The van der Waals surface area contributed by atoms with Crippen LogP contribution in [0.3, 0.4) is 0 Å². The van der Waals surface area contributed by atoms with E-state index in [-0.39, 0.29) is 23.2 Å². The van der Waals surface area contributed by atoms with E-state index in [1.807, 2.05) is 18.6 Å². The van der Waals surface area contributed by atoms with Crippen LogP contribution in [0.25, 0.3) is 22.2 Å². The number of pyridine rings is 1. The van der Waals surface area contributed by atoms with E-state index in [9.17, 15) is 30.8 Å². The monoisotopic (exact) mass is 612 g/mol. The number of benzene rings is 1. The van der Waals surface area contributed by atoms with Crippen molar-refractivity contribution in [1.29, 1.82) is 0 Å². The van der Waals surface area contributed by atoms with Crippen molar-refractivity contribution in [3.63, 3.8) is 0 Å². The Balaban J connectivity index is 1.64. The van der Waals surface area contributed by atoms with E-state index in [0.717, 1.165) is 37.8 Å². The van der Waals surface area contributed by atoms with Crippen LogP contribution in [0.2, 0.25) is 0 Å². The fourth-order valence-electron chi connectivity index (χ4n) is 5.14. The molecule has 3 aromatic rings. The van der Waals surface area contributed by atoms with Crippen molar-refractivity contribution in [2.24, 2.45) is 0 Å². The summed E-state index contributed by atoms with van der Waals surface area (Å²) in [5, 5.41) is 3.97. The second-order valence-electron chi connectivity index (χ2n) is 11.1. The summed E-state index contributed by atoms with van der Waals surface area (Å²) in [4.78, 5) is 25.1. The first kappa shape index (κ1) is 31.7. The Morgan fingerprint density at radius 3 is 2.43 bits per heavy atom. The molecule has 230 valence electrons. The highest BCUT2D eigenvalue weighted by molar-refractivity contribution is 7.92. The van der Waals surface area contributed by atoms with Crippen LogP contribution in [0, 0.1) is 5.82 Å². The molecule has 1 aliphatic carbocycles. The number of halogens is 4. The number of rotatable bonds is 10. The quantitative estimate of drug-likeness (QED) is 0.289. The van der Waals surface area contributed by atoms with E-state index in [4.69, 9.17) is 4.98 Å². The SMILES string of the molecule is CC[C@H](C)n1c(=O)c(-c2ccc(NS(=O)(=O)CCC(F)(F)F)c(F)c2)cc2cnc(N[C@H]3CC[C@H](N(C)C)CC3)nc21. The van der Waals surface area contributed by atoms with Gasteiger partial charge in [-0.25, -0.2) is 17.8 Å². The van der Waals surface area contributed by atoms with E-state index in [0.29, 0.717) is 29.4 Å². The molecular weight excluding hydrogens is 576 g/mol. The second kappa shape index (κ2) is 12.5. The molecule has 0 bridgehead atoms. The number of aromatic nitrogens is 3. The zero-order chi connectivity index (χ0) is 30.8. The van der Waals surface area contributed by atoms with Gasteiger partial charge in [0.1, 0.15) is 11.5 Å². The number of alkyl halides is 3. The van der Waals surface area contributed by atoms with Gasteiger partial charge in [0.2, 0.25) is 16.0 Å². The molecule has 0 unspecified atom stereocenters. The Morgan fingerprint density at radius 1 is 1.14 bits per heavy atom. The highest BCUT2D eigenvalue weighted by Crippen LogP contribution is 2.29. The second-order valence-corrected chi connectivity index (χ2v) is 12.9. The molecule has 14 heteroatoms. The third-order valence-electron chi connectivity index (χ3n) is 7.76. The van der Waals surface area contributed by atoms with Crippen LogP contribution < -0.4 is 15.6 Å². The lowest BCUT2D eigenvalue weighted by molar-refractivity contribution is -0.129. The molecule has 0 spiro atoms. The highest BCUT2D eigenvalue weighted by atomic mass is 32.2. The van der Waals surface area contributed by atoms with Crippen molar-refractivity contribution >= 4 is 32.7 Å². The van der Waals surface area contributed by atoms with Gasteiger partial charge in [-0.2, -0.15) is 18.2 Å². The molecule has 4 rings (SSSR count). The zero-order valence-corrected chi connectivity index (χ0v) is 24.8. The Hall–Kier alpha value is -3.26. The summed E-state index contributed by atoms with van der Waals surface area (Å²) < 4.78 is 79.8. The number of nitrogens with zero attached hydrogens (tertiary/aromatic N) is 4. The first-order valence-electron chi connectivity index (χ1n) is 13.9. The van der Waals surface area contributed by atoms with Crippen LogP contribution in [-0.4, -0.2) is 66.0 Å². The lowest BCUT2D eigenvalue weighted by atomic mass is 9.91. The van der Waals surface area contributed by atoms with E-state index in [1.54, 1.807) is 16.8 Å². The molecule has 0 radical (unpaired) electrons. The molecule has 0 amide bonds. The summed E-state index contributed by atoms with van der Waals surface area (Å²) in [7, 11) is -0.281. The maximum Gasteiger partial charge on any atom is 0.390 e. The smallest absolute Gasteiger partial charge is 0.351 e. The molecular formula is C28H36F4N6O3S. The average molecular weight is 613 g/mol. The van der Waals surface area contributed by atoms with E-state index in [2.05, 4.69) is 29.3 Å². The van der Waals surface area contributed by atoms with Crippen molar-refractivity contribution in [3.8, 4) is 11.1 Å². The topological polar surface area (TPSA) is 109 Å². The Kier molecular flexibility index (Phi) is 9.46. The Bertz CT molecular complexity index is 1580. The minimum atomic E-state index is -4.67. The maximum absolute atomic E-state index is 15.0. The molecule has 1 fully saturated rings. The van der Waals surface area contributed by atoms with Gasteiger partial charge in [0.05, 0.1) is 17.9 Å². The largest absolute Gasteiger partial charge is 0.390 e. The molecule has 1 atom stereocenters. The molecule has 2 heterocycles. The molecule has 2 N–H and O–H groups in total. The molecule has 1 saturated carbocycles. The van der Waals surface area contributed by atoms with Crippen LogP contribution >= 0.6 is 0 Å². The molecule has 2 aromatic heterocycles. The number of anilines is 2. The normalized spacial score (nSPS) is 18.8. The van der Waals surface area contributed by atoms with Crippen molar-refractivity contribution in [2.75, 3.05) is 29.9 Å². The Labute approximate surface area is 242 Å². The van der Waals surface area contributed by atoms with Gasteiger partial charge in [-0.05, 0) is 76.9 Å². The summed E-state index contributed by atoms with van der Waals surface area (Å²) >= 11 is 0. The molecule has 1 aliphatic rings. The number of nitrogens with one attached hydrogen (secondary N) is 2. The molecule has 0 saturated heterocycles. The van der Waals surface area contributed by atoms with Crippen molar-refractivity contribution < 1.29 is 26.0 Å². The third kappa shape index (κ3) is 7.57. The predicted molar refractivity (Wildman–Crippen MR) is 156 cm³/mol. The van der Waals surface area contributed by atoms with Crippen LogP contribution in [0.5, 0.6) is 0 Å². The van der Waals surface area contributed by atoms with Crippen molar-refractivity contribution in [1.82, 2.24) is 19.4 Å². The van der Waals surface area contributed by atoms with Gasteiger partial charge >= 0.3 is 6.18 Å². The van der Waals surface area contributed by atoms with E-state index >= 15 is 0 Å². The molecule has 0 aliphatic heterocycles. The van der Waals surface area contributed by atoms with Gasteiger partial charge in [0, 0.05) is 35.3 Å². The summed E-state index contributed by atoms with van der Waals surface area (Å²) in [6, 6.07) is 5.48. The van der Waals surface area contributed by atoms with Gasteiger partial charge in [-0.1, -0.05) is 13.0 Å². The van der Waals surface area contributed by atoms with E-state index in [1.165, 1.54) is 6.07 Å². The standard InChI is InChI=1S/C28H36F4N6O3S/c1-5-17(2)38-25-19(16-33-27(35-25)34-20-7-9-21(10-8-20)37(3)4)14-22(26(38)39)18-6-11-24(23(29)15-18)36-42(40,41)13-12-28(30,31)32/h6,11,14-17,20-21,36H,5,7-10,12-13H2,1-4H3,(H,33,34,35)/t17-,20-,21-/m0/s1. The summed E-state index contributed by atoms with van der Waals surface area (Å²) in [5.41, 5.74) is -0.158. The summed E-state index contributed by atoms with van der Waals surface area (Å²) in [5.74, 6) is -1.85. The molecule has 9 nitrogen and oxygen atoms in total. The fraction of sp³-hybridized carbons (Fsp3) is 0.536. The van der Waals surface area contributed by atoms with Gasteiger partial charge in [0.15, 0.2) is 0 Å². The van der Waals surface area contributed by atoms with Gasteiger partial charge in [-0.15, -0.1) is 0 Å². The summed E-state index contributed by atoms with van der Waals surface area (Å²) in [6.07, 6.45) is 0.0556. The van der Waals surface area contributed by atoms with Gasteiger partial charge in [0.25, 0.3) is 5.56 Å². The predicted octanol–water partition coefficient (Wildman–Crippen LogP) is 5.55. The maximum atomic E-state index is 15.0. The average Bonchev–Trinajstić information content (AvgIpc) is 2.92. The van der Waals surface area contributed by atoms with Crippen molar-refractivity contribution in [3.05, 3.63) is 46.6 Å². The van der Waals surface area contributed by atoms with Crippen LogP contribution in [-0.2, 0) is 10.0 Å². The Morgan fingerprint density at radius 2 is 1.83 bits per heavy atom. The van der Waals surface area contributed by atoms with Gasteiger partial charge < -0.3 is 10.2 Å². The van der Waals surface area contributed by atoms with E-state index < -0.39 is 45.4 Å². The minimum Gasteiger partial charge on any atom is -0.351 e. The molecule has 1 aromatic carbocycles. The summed E-state index contributed by atoms with van der Waals surface area (Å²) in [6.45, 7) is 3.81. The highest BCUT2D eigenvalue weighted by Gasteiger charge is 2.30. The number of hydrogen-bond donors (Lipinski definition) is 2. The zero-order valence-electron chi connectivity index (χ0n) is 24.0. The van der Waals surface area contributed by atoms with Crippen LogP contribution in [0.15, 0.2) is 35.3 Å². The van der Waals surface area contributed by atoms with Crippen LogP contribution in [0.4, 0.5) is 29.2 Å². The lowest BCUT2D eigenvalue weighted by Gasteiger charge is -2.33. The fourth-order valence-corrected chi connectivity index (χ4v) is 6.24. The lowest BCUT2D eigenvalue weighted by Crippen LogP contribution is -2.36. The first-order valence-corrected chi connectivity index (χ1v) is 15.5. The number of sulfonamides is 1. The minimum absolute atomic E-state index is 0.152. The number of fused-ring (bicyclic) bond motifs is 1. The first-order chi connectivity index (χ1) is 19.7. The molecule has 42 heavy (non-hydrogen) atoms.